The zero-order valence-electron chi connectivity index (χ0n) is 8.43. The summed E-state index contributed by atoms with van der Waals surface area (Å²) in [5, 5.41) is 11.4. The molecule has 3 nitrogen and oxygen atoms in total. The lowest BCUT2D eigenvalue weighted by Gasteiger charge is -2.11. The van der Waals surface area contributed by atoms with E-state index in [2.05, 4.69) is 21.2 Å². The van der Waals surface area contributed by atoms with Crippen LogP contribution >= 0.6 is 27.5 Å². The van der Waals surface area contributed by atoms with Gasteiger partial charge in [-0.2, -0.15) is 0 Å². The summed E-state index contributed by atoms with van der Waals surface area (Å²) >= 11 is 8.77. The van der Waals surface area contributed by atoms with E-state index in [4.69, 9.17) is 16.7 Å². The predicted molar refractivity (Wildman–Crippen MR) is 63.1 cm³/mol. The molecule has 1 aromatic carbocycles. The van der Waals surface area contributed by atoms with Crippen molar-refractivity contribution in [3.63, 3.8) is 0 Å². The Balaban J connectivity index is 2.96. The first-order valence-corrected chi connectivity index (χ1v) is 5.69. The van der Waals surface area contributed by atoms with E-state index in [0.29, 0.717) is 4.47 Å². The third-order valence-electron chi connectivity index (χ3n) is 1.91. The molecule has 1 rings (SSSR count). The van der Waals surface area contributed by atoms with Gasteiger partial charge in [0.15, 0.2) is 0 Å². The zero-order valence-corrected chi connectivity index (χ0v) is 10.8. The van der Waals surface area contributed by atoms with Gasteiger partial charge in [-0.05, 0) is 35.0 Å². The van der Waals surface area contributed by atoms with E-state index in [0.717, 1.165) is 6.07 Å². The molecule has 0 radical (unpaired) electrons. The maximum atomic E-state index is 13.4. The molecule has 0 aliphatic carbocycles. The molecule has 0 bridgehead atoms. The van der Waals surface area contributed by atoms with E-state index in [1.807, 2.05) is 0 Å². The van der Waals surface area contributed by atoms with Crippen LogP contribution in [-0.2, 0) is 0 Å². The SMILES string of the molecule is CC(CO)NC(=O)c1cc(Br)c(Cl)cc1F. The van der Waals surface area contributed by atoms with Crippen LogP contribution in [0.4, 0.5) is 4.39 Å². The Kier molecular flexibility index (Phi) is 4.70. The summed E-state index contributed by atoms with van der Waals surface area (Å²) < 4.78 is 13.8. The van der Waals surface area contributed by atoms with Gasteiger partial charge in [0.25, 0.3) is 5.91 Å². The second-order valence-corrected chi connectivity index (χ2v) is 4.56. The van der Waals surface area contributed by atoms with Crippen molar-refractivity contribution in [1.29, 1.82) is 0 Å². The van der Waals surface area contributed by atoms with E-state index in [-0.39, 0.29) is 17.2 Å². The average Bonchev–Trinajstić information content (AvgIpc) is 2.23. The predicted octanol–water partition coefficient (Wildman–Crippen LogP) is 2.35. The summed E-state index contributed by atoms with van der Waals surface area (Å²) in [5.41, 5.74) is -0.114. The fourth-order valence-electron chi connectivity index (χ4n) is 1.04. The van der Waals surface area contributed by atoms with Crippen molar-refractivity contribution < 1.29 is 14.3 Å². The molecule has 2 N–H and O–H groups in total. The van der Waals surface area contributed by atoms with Gasteiger partial charge in [-0.3, -0.25) is 4.79 Å². The first-order chi connectivity index (χ1) is 7.45. The van der Waals surface area contributed by atoms with Crippen LogP contribution < -0.4 is 5.32 Å². The van der Waals surface area contributed by atoms with Crippen LogP contribution in [0.25, 0.3) is 0 Å². The van der Waals surface area contributed by atoms with E-state index in [1.54, 1.807) is 6.92 Å². The van der Waals surface area contributed by atoms with Crippen LogP contribution in [0.3, 0.4) is 0 Å². The highest BCUT2D eigenvalue weighted by molar-refractivity contribution is 9.10. The molecule has 0 aliphatic heterocycles. The van der Waals surface area contributed by atoms with E-state index in [9.17, 15) is 9.18 Å². The minimum Gasteiger partial charge on any atom is -0.394 e. The van der Waals surface area contributed by atoms with Gasteiger partial charge in [0.05, 0.1) is 17.2 Å². The Morgan fingerprint density at radius 1 is 1.69 bits per heavy atom. The number of hydrogen-bond acceptors (Lipinski definition) is 2. The normalized spacial score (nSPS) is 12.3. The Labute approximate surface area is 106 Å². The zero-order chi connectivity index (χ0) is 12.3. The van der Waals surface area contributed by atoms with Crippen LogP contribution in [0.5, 0.6) is 0 Å². The number of carbonyl (C=O) groups is 1. The highest BCUT2D eigenvalue weighted by Crippen LogP contribution is 2.25. The number of nitrogens with one attached hydrogen (secondary N) is 1. The van der Waals surface area contributed by atoms with Crippen molar-refractivity contribution in [1.82, 2.24) is 5.32 Å². The van der Waals surface area contributed by atoms with E-state index in [1.165, 1.54) is 6.07 Å². The standard InChI is InChI=1S/C10H10BrClFNO2/c1-5(4-15)14-10(16)6-2-7(11)8(12)3-9(6)13/h2-3,5,15H,4H2,1H3,(H,14,16). The fourth-order valence-corrected chi connectivity index (χ4v) is 1.54. The first-order valence-electron chi connectivity index (χ1n) is 4.52. The number of hydrogen-bond donors (Lipinski definition) is 2. The lowest BCUT2D eigenvalue weighted by Crippen LogP contribution is -2.35. The topological polar surface area (TPSA) is 49.3 Å². The number of benzene rings is 1. The number of carbonyl (C=O) groups excluding carboxylic acids is 1. The van der Waals surface area contributed by atoms with Gasteiger partial charge in [-0.1, -0.05) is 11.6 Å². The number of rotatable bonds is 3. The molecule has 0 saturated heterocycles. The Hall–Kier alpha value is -0.650. The average molecular weight is 311 g/mol. The van der Waals surface area contributed by atoms with E-state index >= 15 is 0 Å². The molecule has 16 heavy (non-hydrogen) atoms. The van der Waals surface area contributed by atoms with Gasteiger partial charge in [-0.15, -0.1) is 0 Å². The van der Waals surface area contributed by atoms with Crippen LogP contribution in [0.15, 0.2) is 16.6 Å². The van der Waals surface area contributed by atoms with Crippen LogP contribution in [-0.4, -0.2) is 23.7 Å². The van der Waals surface area contributed by atoms with Crippen molar-refractivity contribution in [2.24, 2.45) is 0 Å². The fraction of sp³-hybridized carbons (Fsp3) is 0.300. The summed E-state index contributed by atoms with van der Waals surface area (Å²) in [5.74, 6) is -1.28. The van der Waals surface area contributed by atoms with Gasteiger partial charge in [0.2, 0.25) is 0 Å². The lowest BCUT2D eigenvalue weighted by molar-refractivity contribution is 0.0918. The number of amides is 1. The highest BCUT2D eigenvalue weighted by Gasteiger charge is 2.15. The number of aliphatic hydroxyl groups excluding tert-OH is 1. The van der Waals surface area contributed by atoms with Crippen molar-refractivity contribution in [2.75, 3.05) is 6.61 Å². The minimum absolute atomic E-state index is 0.114. The molecule has 0 saturated carbocycles. The molecule has 1 amide bonds. The molecular formula is C10H10BrClFNO2. The van der Waals surface area contributed by atoms with Crippen LogP contribution in [0.2, 0.25) is 5.02 Å². The molecule has 0 aliphatic rings. The molecular weight excluding hydrogens is 300 g/mol. The van der Waals surface area contributed by atoms with Crippen LogP contribution in [0, 0.1) is 5.82 Å². The lowest BCUT2D eigenvalue weighted by atomic mass is 10.2. The van der Waals surface area contributed by atoms with Crippen LogP contribution in [0.1, 0.15) is 17.3 Å². The Morgan fingerprint density at radius 3 is 2.88 bits per heavy atom. The number of aliphatic hydroxyl groups is 1. The smallest absolute Gasteiger partial charge is 0.254 e. The first kappa shape index (κ1) is 13.4. The molecule has 0 spiro atoms. The molecule has 1 aromatic rings. The van der Waals surface area contributed by atoms with Gasteiger partial charge in [-0.25, -0.2) is 4.39 Å². The van der Waals surface area contributed by atoms with Crippen molar-refractivity contribution in [3.8, 4) is 0 Å². The van der Waals surface area contributed by atoms with Gasteiger partial charge in [0.1, 0.15) is 5.82 Å². The summed E-state index contributed by atoms with van der Waals surface area (Å²) in [6.07, 6.45) is 0. The molecule has 0 heterocycles. The minimum atomic E-state index is -0.698. The molecule has 1 atom stereocenters. The van der Waals surface area contributed by atoms with Crippen molar-refractivity contribution >= 4 is 33.4 Å². The molecule has 88 valence electrons. The molecule has 0 fully saturated rings. The van der Waals surface area contributed by atoms with Gasteiger partial charge >= 0.3 is 0 Å². The second kappa shape index (κ2) is 5.61. The molecule has 0 aromatic heterocycles. The molecule has 1 unspecified atom stereocenters. The summed E-state index contributed by atoms with van der Waals surface area (Å²) in [6.45, 7) is 1.41. The largest absolute Gasteiger partial charge is 0.394 e. The third-order valence-corrected chi connectivity index (χ3v) is 3.10. The molecule has 6 heteroatoms. The van der Waals surface area contributed by atoms with Crippen molar-refractivity contribution in [2.45, 2.75) is 13.0 Å². The van der Waals surface area contributed by atoms with Gasteiger partial charge < -0.3 is 10.4 Å². The quantitative estimate of drug-likeness (QED) is 0.842. The van der Waals surface area contributed by atoms with Gasteiger partial charge in [0, 0.05) is 10.5 Å². The maximum Gasteiger partial charge on any atom is 0.254 e. The third kappa shape index (κ3) is 3.17. The highest BCUT2D eigenvalue weighted by atomic mass is 79.9. The summed E-state index contributed by atoms with van der Waals surface area (Å²) in [4.78, 5) is 11.6. The van der Waals surface area contributed by atoms with Crippen molar-refractivity contribution in [3.05, 3.63) is 33.0 Å². The monoisotopic (exact) mass is 309 g/mol. The maximum absolute atomic E-state index is 13.4. The Bertz CT molecular complexity index is 414. The summed E-state index contributed by atoms with van der Waals surface area (Å²) in [7, 11) is 0. The summed E-state index contributed by atoms with van der Waals surface area (Å²) in [6, 6.07) is 1.93. The number of halogens is 3. The second-order valence-electron chi connectivity index (χ2n) is 3.30. The van der Waals surface area contributed by atoms with E-state index < -0.39 is 17.8 Å². The Morgan fingerprint density at radius 2 is 2.31 bits per heavy atom.